The van der Waals surface area contributed by atoms with Crippen molar-refractivity contribution in [2.45, 2.75) is 6.54 Å². The Bertz CT molecular complexity index is 426. The Balaban J connectivity index is 2.85. The van der Waals surface area contributed by atoms with Crippen molar-refractivity contribution in [3.8, 4) is 6.07 Å². The maximum absolute atomic E-state index is 13.1. The molecule has 0 atom stereocenters. The van der Waals surface area contributed by atoms with E-state index >= 15 is 0 Å². The average Bonchev–Trinajstić information content (AvgIpc) is 2.22. The molecule has 0 saturated carbocycles. The highest BCUT2D eigenvalue weighted by atomic mass is 19.1. The highest BCUT2D eigenvalue weighted by Gasteiger charge is 2.11. The first-order valence-electron chi connectivity index (χ1n) is 4.13. The van der Waals surface area contributed by atoms with Gasteiger partial charge < -0.3 is 4.90 Å². The van der Waals surface area contributed by atoms with Gasteiger partial charge in [-0.1, -0.05) is 0 Å². The number of carbonyl (C=O) groups excluding carboxylic acids is 1. The third-order valence-corrected chi connectivity index (χ3v) is 1.86. The molecule has 0 aromatic heterocycles. The van der Waals surface area contributed by atoms with Crippen LogP contribution in [0.1, 0.15) is 5.56 Å². The molecule has 1 aromatic rings. The largest absolute Gasteiger partial charge is 0.329 e. The Hall–Kier alpha value is -1.96. The van der Waals surface area contributed by atoms with Crippen LogP contribution in [0.15, 0.2) is 18.2 Å². The summed E-state index contributed by atoms with van der Waals surface area (Å²) in [6.07, 6.45) is 0. The molecule has 1 aromatic carbocycles. The summed E-state index contributed by atoms with van der Waals surface area (Å²) in [5, 5.41) is 8.30. The first kappa shape index (κ1) is 11.1. The average molecular weight is 210 g/mol. The Labute approximate surface area is 85.5 Å². The molecular weight excluding hydrogens is 202 g/mol. The van der Waals surface area contributed by atoms with Gasteiger partial charge in [-0.2, -0.15) is 5.26 Å². The number of hydrogen-bond donors (Lipinski definition) is 0. The Morgan fingerprint density at radius 3 is 2.80 bits per heavy atom. The molecule has 1 amide bonds. The number of halogens is 2. The summed E-state index contributed by atoms with van der Waals surface area (Å²) in [7, 11) is 1.34. The highest BCUT2D eigenvalue weighted by Crippen LogP contribution is 2.11. The predicted molar refractivity (Wildman–Crippen MR) is 48.4 cm³/mol. The van der Waals surface area contributed by atoms with Crippen LogP contribution in [-0.4, -0.2) is 17.9 Å². The summed E-state index contributed by atoms with van der Waals surface area (Å²) in [5.74, 6) is -1.98. The summed E-state index contributed by atoms with van der Waals surface area (Å²) in [6, 6.07) is 4.36. The zero-order chi connectivity index (χ0) is 11.4. The molecule has 15 heavy (non-hydrogen) atoms. The highest BCUT2D eigenvalue weighted by molar-refractivity contribution is 5.90. The van der Waals surface area contributed by atoms with Crippen molar-refractivity contribution in [3.05, 3.63) is 35.4 Å². The second-order valence-electron chi connectivity index (χ2n) is 3.01. The fraction of sp³-hybridized carbons (Fsp3) is 0.200. The Morgan fingerprint density at radius 2 is 2.20 bits per heavy atom. The van der Waals surface area contributed by atoms with Crippen LogP contribution < -0.4 is 0 Å². The fourth-order valence-electron chi connectivity index (χ4n) is 1.08. The number of amides is 1. The molecule has 78 valence electrons. The zero-order valence-electron chi connectivity index (χ0n) is 8.00. The summed E-state index contributed by atoms with van der Waals surface area (Å²) in [4.78, 5) is 11.9. The van der Waals surface area contributed by atoms with Gasteiger partial charge in [0, 0.05) is 19.2 Å². The molecule has 0 N–H and O–H groups in total. The lowest BCUT2D eigenvalue weighted by Crippen LogP contribution is -2.24. The van der Waals surface area contributed by atoms with Gasteiger partial charge in [0.2, 0.25) is 0 Å². The summed E-state index contributed by atoms with van der Waals surface area (Å²) in [6.45, 7) is -0.129. The van der Waals surface area contributed by atoms with Crippen molar-refractivity contribution in [1.82, 2.24) is 4.90 Å². The molecule has 0 aliphatic carbocycles. The van der Waals surface area contributed by atoms with E-state index < -0.39 is 17.5 Å². The summed E-state index contributed by atoms with van der Waals surface area (Å²) in [5.41, 5.74) is 0.0427. The van der Waals surface area contributed by atoms with E-state index in [-0.39, 0.29) is 12.1 Å². The number of hydrogen-bond acceptors (Lipinski definition) is 2. The van der Waals surface area contributed by atoms with Crippen LogP contribution in [-0.2, 0) is 11.3 Å². The van der Waals surface area contributed by atoms with Crippen molar-refractivity contribution in [2.24, 2.45) is 0 Å². The second kappa shape index (κ2) is 4.51. The molecular formula is C10H8F2N2O. The van der Waals surface area contributed by atoms with Gasteiger partial charge in [0.1, 0.15) is 11.6 Å². The molecule has 0 bridgehead atoms. The molecule has 0 aliphatic heterocycles. The van der Waals surface area contributed by atoms with E-state index in [2.05, 4.69) is 0 Å². The lowest BCUT2D eigenvalue weighted by atomic mass is 10.2. The van der Waals surface area contributed by atoms with E-state index in [1.165, 1.54) is 13.1 Å². The standard InChI is InChI=1S/C10H8F2N2O/c1-14(10(15)5-13)6-7-4-8(11)2-3-9(7)12/h2-4H,6H2,1H3. The second-order valence-corrected chi connectivity index (χ2v) is 3.01. The number of carbonyl (C=O) groups is 1. The van der Waals surface area contributed by atoms with Gasteiger partial charge in [-0.25, -0.2) is 8.78 Å². The topological polar surface area (TPSA) is 44.1 Å². The quantitative estimate of drug-likeness (QED) is 0.693. The Morgan fingerprint density at radius 1 is 1.53 bits per heavy atom. The molecule has 3 nitrogen and oxygen atoms in total. The van der Waals surface area contributed by atoms with E-state index in [1.54, 1.807) is 0 Å². The van der Waals surface area contributed by atoms with Crippen molar-refractivity contribution >= 4 is 5.91 Å². The fourth-order valence-corrected chi connectivity index (χ4v) is 1.08. The van der Waals surface area contributed by atoms with Crippen LogP contribution in [0.5, 0.6) is 0 Å². The van der Waals surface area contributed by atoms with E-state index in [9.17, 15) is 13.6 Å². The SMILES string of the molecule is CN(Cc1cc(F)ccc1F)C(=O)C#N. The molecule has 0 unspecified atom stereocenters. The molecule has 0 fully saturated rings. The molecule has 5 heteroatoms. The van der Waals surface area contributed by atoms with Crippen molar-refractivity contribution in [3.63, 3.8) is 0 Å². The predicted octanol–water partition coefficient (Wildman–Crippen LogP) is 1.45. The number of nitrogens with zero attached hydrogens (tertiary/aromatic N) is 2. The van der Waals surface area contributed by atoms with Crippen molar-refractivity contribution in [2.75, 3.05) is 7.05 Å². The van der Waals surface area contributed by atoms with Gasteiger partial charge in [0.25, 0.3) is 0 Å². The molecule has 0 spiro atoms. The third kappa shape index (κ3) is 2.74. The normalized spacial score (nSPS) is 9.47. The zero-order valence-corrected chi connectivity index (χ0v) is 8.00. The third-order valence-electron chi connectivity index (χ3n) is 1.86. The molecule has 1 rings (SSSR count). The van der Waals surface area contributed by atoms with Crippen LogP contribution in [0.25, 0.3) is 0 Å². The van der Waals surface area contributed by atoms with Crippen LogP contribution in [0.3, 0.4) is 0 Å². The maximum atomic E-state index is 13.1. The van der Waals surface area contributed by atoms with Crippen LogP contribution in [0, 0.1) is 23.0 Å². The van der Waals surface area contributed by atoms with E-state index in [4.69, 9.17) is 5.26 Å². The molecule has 0 saturated heterocycles. The minimum absolute atomic E-state index is 0.0427. The minimum Gasteiger partial charge on any atom is -0.329 e. The van der Waals surface area contributed by atoms with Gasteiger partial charge in [0.15, 0.2) is 6.07 Å². The monoisotopic (exact) mass is 210 g/mol. The van der Waals surface area contributed by atoms with E-state index in [0.29, 0.717) is 0 Å². The molecule has 0 heterocycles. The van der Waals surface area contributed by atoms with Gasteiger partial charge in [-0.15, -0.1) is 0 Å². The Kier molecular flexibility index (Phi) is 3.34. The molecule has 0 aliphatic rings. The number of benzene rings is 1. The number of nitriles is 1. The van der Waals surface area contributed by atoms with Gasteiger partial charge in [-0.05, 0) is 18.2 Å². The van der Waals surface area contributed by atoms with E-state index in [1.807, 2.05) is 0 Å². The van der Waals surface area contributed by atoms with Gasteiger partial charge in [-0.3, -0.25) is 4.79 Å². The summed E-state index contributed by atoms with van der Waals surface area (Å²) >= 11 is 0. The lowest BCUT2D eigenvalue weighted by molar-refractivity contribution is -0.124. The molecule has 0 radical (unpaired) electrons. The van der Waals surface area contributed by atoms with Crippen LogP contribution in [0.4, 0.5) is 8.78 Å². The number of rotatable bonds is 2. The van der Waals surface area contributed by atoms with Crippen molar-refractivity contribution < 1.29 is 13.6 Å². The first-order chi connectivity index (χ1) is 7.04. The first-order valence-corrected chi connectivity index (χ1v) is 4.13. The van der Waals surface area contributed by atoms with Gasteiger partial charge >= 0.3 is 5.91 Å². The smallest absolute Gasteiger partial charge is 0.325 e. The summed E-state index contributed by atoms with van der Waals surface area (Å²) < 4.78 is 25.9. The van der Waals surface area contributed by atoms with E-state index in [0.717, 1.165) is 23.1 Å². The lowest BCUT2D eigenvalue weighted by Gasteiger charge is -2.13. The van der Waals surface area contributed by atoms with Crippen LogP contribution in [0.2, 0.25) is 0 Å². The van der Waals surface area contributed by atoms with Crippen molar-refractivity contribution in [1.29, 1.82) is 5.26 Å². The van der Waals surface area contributed by atoms with Gasteiger partial charge in [0.05, 0.1) is 0 Å². The van der Waals surface area contributed by atoms with Crippen LogP contribution >= 0.6 is 0 Å². The maximum Gasteiger partial charge on any atom is 0.325 e. The minimum atomic E-state index is -0.793.